The number of carbonyl (C=O) groups is 1. The van der Waals surface area contributed by atoms with E-state index in [1.807, 2.05) is 19.1 Å². The smallest absolute Gasteiger partial charge is 0.251 e. The maximum atomic E-state index is 11.9. The highest BCUT2D eigenvalue weighted by Gasteiger charge is 2.07. The van der Waals surface area contributed by atoms with E-state index < -0.39 is 0 Å². The van der Waals surface area contributed by atoms with Crippen LogP contribution in [0.4, 0.5) is 0 Å². The van der Waals surface area contributed by atoms with E-state index in [0.29, 0.717) is 17.3 Å². The van der Waals surface area contributed by atoms with Crippen LogP contribution in [0.3, 0.4) is 0 Å². The van der Waals surface area contributed by atoms with Gasteiger partial charge in [0.25, 0.3) is 5.91 Å². The van der Waals surface area contributed by atoms with Gasteiger partial charge in [0.05, 0.1) is 12.7 Å². The van der Waals surface area contributed by atoms with Crippen LogP contribution in [0.25, 0.3) is 0 Å². The van der Waals surface area contributed by atoms with Crippen molar-refractivity contribution in [3.05, 3.63) is 53.2 Å². The second-order valence-electron chi connectivity index (χ2n) is 4.09. The molecule has 0 unspecified atom stereocenters. The molecule has 0 spiro atoms. The fourth-order valence-electron chi connectivity index (χ4n) is 1.60. The Morgan fingerprint density at radius 3 is 2.68 bits per heavy atom. The molecule has 0 radical (unpaired) electrons. The highest BCUT2D eigenvalue weighted by atomic mass is 35.5. The van der Waals surface area contributed by atoms with E-state index in [9.17, 15) is 4.79 Å². The van der Waals surface area contributed by atoms with Crippen LogP contribution in [0.5, 0.6) is 0 Å². The fourth-order valence-corrected chi connectivity index (χ4v) is 1.77. The molecule has 1 aromatic carbocycles. The van der Waals surface area contributed by atoms with Gasteiger partial charge in [-0.2, -0.15) is 0 Å². The van der Waals surface area contributed by atoms with Crippen LogP contribution in [0.1, 0.15) is 34.5 Å². The van der Waals surface area contributed by atoms with Crippen molar-refractivity contribution in [3.63, 3.8) is 0 Å². The van der Waals surface area contributed by atoms with Crippen molar-refractivity contribution in [1.29, 1.82) is 0 Å². The number of aromatic nitrogens is 1. The van der Waals surface area contributed by atoms with E-state index in [2.05, 4.69) is 10.3 Å². The predicted molar refractivity (Wildman–Crippen MR) is 73.1 cm³/mol. The first-order chi connectivity index (χ1) is 9.22. The minimum atomic E-state index is -0.155. The molecule has 1 heterocycles. The van der Waals surface area contributed by atoms with E-state index >= 15 is 0 Å². The number of hydrogen-bond acceptors (Lipinski definition) is 3. The number of benzene rings is 1. The highest BCUT2D eigenvalue weighted by molar-refractivity contribution is 6.17. The molecule has 0 aliphatic heterocycles. The lowest BCUT2D eigenvalue weighted by Gasteiger charge is -2.03. The molecule has 1 aromatic heterocycles. The van der Waals surface area contributed by atoms with Crippen molar-refractivity contribution in [2.45, 2.75) is 25.8 Å². The molecule has 0 bridgehead atoms. The molecule has 0 saturated carbocycles. The van der Waals surface area contributed by atoms with Gasteiger partial charge in [-0.25, -0.2) is 4.98 Å². The number of amides is 1. The van der Waals surface area contributed by atoms with Crippen molar-refractivity contribution < 1.29 is 9.21 Å². The van der Waals surface area contributed by atoms with Crippen LogP contribution >= 0.6 is 11.6 Å². The third kappa shape index (κ3) is 3.58. The first-order valence-corrected chi connectivity index (χ1v) is 6.63. The first kappa shape index (κ1) is 13.6. The molecule has 100 valence electrons. The topological polar surface area (TPSA) is 55.1 Å². The Bertz CT molecular complexity index is 549. The van der Waals surface area contributed by atoms with Crippen LogP contribution in [-0.2, 0) is 18.8 Å². The molecule has 2 rings (SSSR count). The molecule has 4 nitrogen and oxygen atoms in total. The zero-order valence-electron chi connectivity index (χ0n) is 10.6. The van der Waals surface area contributed by atoms with E-state index in [-0.39, 0.29) is 12.5 Å². The minimum Gasteiger partial charge on any atom is -0.444 e. The Kier molecular flexibility index (Phi) is 4.58. The third-order valence-electron chi connectivity index (χ3n) is 2.72. The van der Waals surface area contributed by atoms with Gasteiger partial charge >= 0.3 is 0 Å². The van der Waals surface area contributed by atoms with Crippen molar-refractivity contribution in [1.82, 2.24) is 10.3 Å². The van der Waals surface area contributed by atoms with E-state index in [4.69, 9.17) is 16.0 Å². The summed E-state index contributed by atoms with van der Waals surface area (Å²) in [7, 11) is 0. The van der Waals surface area contributed by atoms with Crippen LogP contribution in [0.15, 0.2) is 34.9 Å². The molecule has 0 saturated heterocycles. The van der Waals surface area contributed by atoms with Gasteiger partial charge in [-0.3, -0.25) is 4.79 Å². The molecule has 2 aromatic rings. The predicted octanol–water partition coefficient (Wildman–Crippen LogP) is 2.91. The van der Waals surface area contributed by atoms with Gasteiger partial charge in [0.1, 0.15) is 5.76 Å². The number of halogens is 1. The van der Waals surface area contributed by atoms with Gasteiger partial charge in [-0.15, -0.1) is 11.6 Å². The summed E-state index contributed by atoms with van der Waals surface area (Å²) in [5.41, 5.74) is 1.58. The molecule has 0 atom stereocenters. The Labute approximate surface area is 116 Å². The number of alkyl halides is 1. The molecule has 0 fully saturated rings. The third-order valence-corrected chi connectivity index (χ3v) is 3.03. The largest absolute Gasteiger partial charge is 0.444 e. The van der Waals surface area contributed by atoms with E-state index in [1.165, 1.54) is 0 Å². The summed E-state index contributed by atoms with van der Waals surface area (Å²) in [6, 6.07) is 7.17. The van der Waals surface area contributed by atoms with Gasteiger partial charge in [-0.1, -0.05) is 19.1 Å². The average molecular weight is 279 g/mol. The summed E-state index contributed by atoms with van der Waals surface area (Å²) in [5, 5.41) is 2.76. The number of nitrogens with one attached hydrogen (secondary N) is 1. The summed E-state index contributed by atoms with van der Waals surface area (Å²) in [4.78, 5) is 16.0. The molecule has 19 heavy (non-hydrogen) atoms. The zero-order valence-corrected chi connectivity index (χ0v) is 11.4. The van der Waals surface area contributed by atoms with Gasteiger partial charge in [-0.05, 0) is 17.7 Å². The molecule has 0 aliphatic carbocycles. The first-order valence-electron chi connectivity index (χ1n) is 6.09. The number of aryl methyl sites for hydroxylation is 1. The second kappa shape index (κ2) is 6.38. The Balaban J connectivity index is 1.93. The van der Waals surface area contributed by atoms with Gasteiger partial charge in [0.15, 0.2) is 0 Å². The van der Waals surface area contributed by atoms with Crippen LogP contribution < -0.4 is 5.32 Å². The number of rotatable bonds is 5. The summed E-state index contributed by atoms with van der Waals surface area (Å²) in [6.45, 7) is 2.28. The second-order valence-corrected chi connectivity index (χ2v) is 4.35. The van der Waals surface area contributed by atoms with E-state index in [1.54, 1.807) is 18.3 Å². The number of carbonyl (C=O) groups excluding carboxylic acids is 1. The molecular formula is C14H15ClN2O2. The average Bonchev–Trinajstić information content (AvgIpc) is 2.93. The summed E-state index contributed by atoms with van der Waals surface area (Å²) in [5.74, 6) is 1.62. The van der Waals surface area contributed by atoms with Gasteiger partial charge < -0.3 is 9.73 Å². The van der Waals surface area contributed by atoms with Crippen molar-refractivity contribution in [2.24, 2.45) is 0 Å². The minimum absolute atomic E-state index is 0.155. The lowest BCUT2D eigenvalue weighted by molar-refractivity contribution is 0.0947. The Hall–Kier alpha value is -1.81. The molecule has 1 N–H and O–H groups in total. The normalized spacial score (nSPS) is 10.4. The quantitative estimate of drug-likeness (QED) is 0.856. The van der Waals surface area contributed by atoms with E-state index in [0.717, 1.165) is 17.7 Å². The van der Waals surface area contributed by atoms with Crippen molar-refractivity contribution >= 4 is 17.5 Å². The van der Waals surface area contributed by atoms with Crippen LogP contribution in [0, 0.1) is 0 Å². The van der Waals surface area contributed by atoms with Crippen LogP contribution in [0.2, 0.25) is 0 Å². The van der Waals surface area contributed by atoms with Crippen molar-refractivity contribution in [3.8, 4) is 0 Å². The number of oxazole rings is 1. The molecular weight excluding hydrogens is 264 g/mol. The standard InChI is InChI=1S/C14H15ClN2O2/c1-2-12-8-16-13(19-12)9-17-14(18)11-5-3-10(7-15)4-6-11/h3-6,8H,2,7,9H2,1H3,(H,17,18). The van der Waals surface area contributed by atoms with Gasteiger partial charge in [0, 0.05) is 17.9 Å². The zero-order chi connectivity index (χ0) is 13.7. The summed E-state index contributed by atoms with van der Waals surface area (Å²) >= 11 is 5.69. The fraction of sp³-hybridized carbons (Fsp3) is 0.286. The SMILES string of the molecule is CCc1cnc(CNC(=O)c2ccc(CCl)cc2)o1. The molecule has 0 aliphatic rings. The lowest BCUT2D eigenvalue weighted by atomic mass is 10.1. The van der Waals surface area contributed by atoms with Crippen molar-refractivity contribution in [2.75, 3.05) is 0 Å². The maximum Gasteiger partial charge on any atom is 0.251 e. The van der Waals surface area contributed by atoms with Crippen LogP contribution in [-0.4, -0.2) is 10.9 Å². The highest BCUT2D eigenvalue weighted by Crippen LogP contribution is 2.08. The maximum absolute atomic E-state index is 11.9. The Morgan fingerprint density at radius 2 is 2.11 bits per heavy atom. The lowest BCUT2D eigenvalue weighted by Crippen LogP contribution is -2.22. The summed E-state index contributed by atoms with van der Waals surface area (Å²) in [6.07, 6.45) is 2.47. The molecule has 1 amide bonds. The number of hydrogen-bond donors (Lipinski definition) is 1. The van der Waals surface area contributed by atoms with Gasteiger partial charge in [0.2, 0.25) is 5.89 Å². The Morgan fingerprint density at radius 1 is 1.37 bits per heavy atom. The number of nitrogens with zero attached hydrogens (tertiary/aromatic N) is 1. The summed E-state index contributed by atoms with van der Waals surface area (Å²) < 4.78 is 5.41. The monoisotopic (exact) mass is 278 g/mol. The molecule has 5 heteroatoms.